The Hall–Kier alpha value is -2.16. The van der Waals surface area contributed by atoms with Crippen LogP contribution in [0.2, 0.25) is 0 Å². The van der Waals surface area contributed by atoms with E-state index in [0.29, 0.717) is 12.0 Å². The van der Waals surface area contributed by atoms with Gasteiger partial charge in [-0.1, -0.05) is 36.4 Å². The molecule has 3 nitrogen and oxygen atoms in total. The van der Waals surface area contributed by atoms with Gasteiger partial charge in [0, 0.05) is 11.1 Å². The Morgan fingerprint density at radius 3 is 2.38 bits per heavy atom. The number of carboxylic acids is 1. The van der Waals surface area contributed by atoms with Crippen LogP contribution in [0.1, 0.15) is 27.1 Å². The third-order valence-electron chi connectivity index (χ3n) is 2.47. The average Bonchev–Trinajstić information content (AvgIpc) is 2.81. The lowest BCUT2D eigenvalue weighted by Crippen LogP contribution is -2.09. The summed E-state index contributed by atoms with van der Waals surface area (Å²) in [4.78, 5) is 23.0. The van der Waals surface area contributed by atoms with Crippen LogP contribution in [0.3, 0.4) is 0 Å². The van der Waals surface area contributed by atoms with Crippen molar-refractivity contribution in [3.63, 3.8) is 0 Å². The number of carboxylic acid groups (broad SMARTS) is 1. The third kappa shape index (κ3) is 1.80. The van der Waals surface area contributed by atoms with Crippen LogP contribution in [0.25, 0.3) is 0 Å². The van der Waals surface area contributed by atoms with Crippen molar-refractivity contribution < 1.29 is 14.7 Å². The maximum absolute atomic E-state index is 12.0. The van der Waals surface area contributed by atoms with E-state index in [4.69, 9.17) is 5.11 Å². The molecular formula is C13H10O3. The summed E-state index contributed by atoms with van der Waals surface area (Å²) in [5.74, 6) is -1.28. The van der Waals surface area contributed by atoms with E-state index in [0.717, 1.165) is 0 Å². The summed E-state index contributed by atoms with van der Waals surface area (Å²) in [6, 6.07) is 6.27. The summed E-state index contributed by atoms with van der Waals surface area (Å²) in [5.41, 5.74) is 0.943. The SMILES string of the molecule is O=C(O)c1ccccc1C(=O)C1=CC=CC1. The highest BCUT2D eigenvalue weighted by atomic mass is 16.4. The van der Waals surface area contributed by atoms with E-state index in [-0.39, 0.29) is 16.9 Å². The van der Waals surface area contributed by atoms with Gasteiger partial charge in [-0.3, -0.25) is 4.79 Å². The van der Waals surface area contributed by atoms with Gasteiger partial charge in [-0.15, -0.1) is 0 Å². The first kappa shape index (κ1) is 10.4. The minimum absolute atomic E-state index is 0.0558. The molecule has 1 N–H and O–H groups in total. The Balaban J connectivity index is 2.40. The van der Waals surface area contributed by atoms with Gasteiger partial charge in [0.2, 0.25) is 0 Å². The maximum atomic E-state index is 12.0. The topological polar surface area (TPSA) is 54.4 Å². The van der Waals surface area contributed by atoms with E-state index < -0.39 is 5.97 Å². The number of aromatic carboxylic acids is 1. The number of Topliss-reactive ketones (excluding diaryl/α,β-unsaturated/α-hetero) is 1. The fourth-order valence-electron chi connectivity index (χ4n) is 1.66. The van der Waals surface area contributed by atoms with Crippen molar-refractivity contribution in [3.8, 4) is 0 Å². The smallest absolute Gasteiger partial charge is 0.336 e. The Morgan fingerprint density at radius 1 is 1.12 bits per heavy atom. The van der Waals surface area contributed by atoms with Gasteiger partial charge >= 0.3 is 5.97 Å². The number of benzene rings is 1. The quantitative estimate of drug-likeness (QED) is 0.786. The monoisotopic (exact) mass is 214 g/mol. The van der Waals surface area contributed by atoms with Crippen molar-refractivity contribution in [2.75, 3.05) is 0 Å². The molecule has 0 atom stereocenters. The highest BCUT2D eigenvalue weighted by Crippen LogP contribution is 2.19. The molecule has 0 unspecified atom stereocenters. The molecule has 1 aromatic carbocycles. The Labute approximate surface area is 92.7 Å². The van der Waals surface area contributed by atoms with Crippen LogP contribution < -0.4 is 0 Å². The first-order valence-electron chi connectivity index (χ1n) is 4.93. The highest BCUT2D eigenvalue weighted by molar-refractivity contribution is 6.14. The zero-order valence-corrected chi connectivity index (χ0v) is 8.51. The molecule has 0 heterocycles. The summed E-state index contributed by atoms with van der Waals surface area (Å²) in [6.07, 6.45) is 5.97. The summed E-state index contributed by atoms with van der Waals surface area (Å²) in [6.45, 7) is 0. The lowest BCUT2D eigenvalue weighted by molar-refractivity contribution is 0.0692. The molecule has 0 saturated carbocycles. The fraction of sp³-hybridized carbons (Fsp3) is 0.0769. The molecule has 0 aliphatic heterocycles. The van der Waals surface area contributed by atoms with Crippen LogP contribution in [-0.4, -0.2) is 16.9 Å². The molecule has 0 bridgehead atoms. The zero-order valence-electron chi connectivity index (χ0n) is 8.51. The fourth-order valence-corrected chi connectivity index (χ4v) is 1.66. The van der Waals surface area contributed by atoms with Gasteiger partial charge in [0.05, 0.1) is 5.56 Å². The lowest BCUT2D eigenvalue weighted by Gasteiger charge is -2.05. The molecule has 0 fully saturated rings. The molecule has 1 aliphatic carbocycles. The molecule has 80 valence electrons. The minimum atomic E-state index is -1.07. The number of carbonyl (C=O) groups is 2. The van der Waals surface area contributed by atoms with E-state index in [1.165, 1.54) is 6.07 Å². The number of allylic oxidation sites excluding steroid dienone is 4. The van der Waals surface area contributed by atoms with Gasteiger partial charge in [-0.2, -0.15) is 0 Å². The Bertz CT molecular complexity index is 510. The molecular weight excluding hydrogens is 204 g/mol. The van der Waals surface area contributed by atoms with Gasteiger partial charge in [0.15, 0.2) is 5.78 Å². The Kier molecular flexibility index (Phi) is 2.68. The van der Waals surface area contributed by atoms with Crippen molar-refractivity contribution in [3.05, 3.63) is 59.2 Å². The van der Waals surface area contributed by atoms with Gasteiger partial charge in [0.1, 0.15) is 0 Å². The molecule has 0 radical (unpaired) electrons. The first-order valence-corrected chi connectivity index (χ1v) is 4.93. The predicted molar refractivity (Wildman–Crippen MR) is 59.6 cm³/mol. The van der Waals surface area contributed by atoms with Crippen LogP contribution in [0.4, 0.5) is 0 Å². The standard InChI is InChI=1S/C13H10O3/c14-12(9-5-1-2-6-9)10-7-3-4-8-11(10)13(15)16/h1-5,7-8H,6H2,(H,15,16). The van der Waals surface area contributed by atoms with Crippen LogP contribution in [0, 0.1) is 0 Å². The van der Waals surface area contributed by atoms with Crippen LogP contribution in [0.15, 0.2) is 48.1 Å². The van der Waals surface area contributed by atoms with Crippen molar-refractivity contribution in [2.45, 2.75) is 6.42 Å². The summed E-state index contributed by atoms with van der Waals surface area (Å²) in [7, 11) is 0. The lowest BCUT2D eigenvalue weighted by atomic mass is 9.98. The molecule has 0 saturated heterocycles. The number of rotatable bonds is 3. The van der Waals surface area contributed by atoms with E-state index in [9.17, 15) is 9.59 Å². The minimum Gasteiger partial charge on any atom is -0.478 e. The van der Waals surface area contributed by atoms with E-state index >= 15 is 0 Å². The molecule has 16 heavy (non-hydrogen) atoms. The van der Waals surface area contributed by atoms with Crippen LogP contribution in [-0.2, 0) is 0 Å². The maximum Gasteiger partial charge on any atom is 0.336 e. The molecule has 0 amide bonds. The summed E-state index contributed by atoms with van der Waals surface area (Å²) in [5, 5.41) is 8.97. The second-order valence-electron chi connectivity index (χ2n) is 3.50. The number of hydrogen-bond acceptors (Lipinski definition) is 2. The van der Waals surface area contributed by atoms with Gasteiger partial charge in [-0.05, 0) is 12.5 Å². The predicted octanol–water partition coefficient (Wildman–Crippen LogP) is 2.45. The van der Waals surface area contributed by atoms with E-state index in [1.807, 2.05) is 6.08 Å². The van der Waals surface area contributed by atoms with E-state index in [2.05, 4.69) is 0 Å². The second-order valence-corrected chi connectivity index (χ2v) is 3.50. The molecule has 2 rings (SSSR count). The third-order valence-corrected chi connectivity index (χ3v) is 2.47. The molecule has 3 heteroatoms. The molecule has 0 spiro atoms. The normalized spacial score (nSPS) is 13.6. The van der Waals surface area contributed by atoms with Gasteiger partial charge in [-0.25, -0.2) is 4.79 Å². The van der Waals surface area contributed by atoms with Crippen LogP contribution in [0.5, 0.6) is 0 Å². The molecule has 1 aliphatic rings. The number of hydrogen-bond donors (Lipinski definition) is 1. The van der Waals surface area contributed by atoms with Crippen LogP contribution >= 0.6 is 0 Å². The Morgan fingerprint density at radius 2 is 1.81 bits per heavy atom. The van der Waals surface area contributed by atoms with Gasteiger partial charge < -0.3 is 5.11 Å². The number of ketones is 1. The number of carbonyl (C=O) groups excluding carboxylic acids is 1. The van der Waals surface area contributed by atoms with Crippen molar-refractivity contribution in [2.24, 2.45) is 0 Å². The van der Waals surface area contributed by atoms with Gasteiger partial charge in [0.25, 0.3) is 0 Å². The largest absolute Gasteiger partial charge is 0.478 e. The first-order chi connectivity index (χ1) is 7.70. The highest BCUT2D eigenvalue weighted by Gasteiger charge is 2.19. The summed E-state index contributed by atoms with van der Waals surface area (Å²) >= 11 is 0. The molecule has 0 aromatic heterocycles. The average molecular weight is 214 g/mol. The van der Waals surface area contributed by atoms with Crippen molar-refractivity contribution >= 4 is 11.8 Å². The van der Waals surface area contributed by atoms with Crippen molar-refractivity contribution in [1.29, 1.82) is 0 Å². The van der Waals surface area contributed by atoms with Crippen molar-refractivity contribution in [1.82, 2.24) is 0 Å². The zero-order chi connectivity index (χ0) is 11.5. The molecule has 1 aromatic rings. The summed E-state index contributed by atoms with van der Waals surface area (Å²) < 4.78 is 0. The van der Waals surface area contributed by atoms with E-state index in [1.54, 1.807) is 30.4 Å². The second kappa shape index (κ2) is 4.14.